The van der Waals surface area contributed by atoms with Gasteiger partial charge in [0, 0.05) is 16.7 Å². The van der Waals surface area contributed by atoms with Crippen molar-refractivity contribution in [2.75, 3.05) is 5.73 Å². The molecule has 2 aromatic rings. The van der Waals surface area contributed by atoms with E-state index in [4.69, 9.17) is 11.0 Å². The van der Waals surface area contributed by atoms with E-state index in [1.54, 1.807) is 11.3 Å². The van der Waals surface area contributed by atoms with Gasteiger partial charge in [0.25, 0.3) is 0 Å². The number of aromatic nitrogens is 1. The third-order valence-electron chi connectivity index (χ3n) is 3.10. The molecule has 3 nitrogen and oxygen atoms in total. The number of hydrogen-bond acceptors (Lipinski definition) is 4. The third-order valence-corrected chi connectivity index (χ3v) is 3.98. The average molecular weight is 285 g/mol. The topological polar surface area (TPSA) is 62.7 Å². The predicted molar refractivity (Wildman–Crippen MR) is 83.8 cm³/mol. The summed E-state index contributed by atoms with van der Waals surface area (Å²) in [6.07, 6.45) is 1.30. The standard InChI is InChI=1S/C16H19N3S/c1-16(2,3)14-13(20-15(18)19-14)10-12-6-4-11(5-7-12)8-9-17/h4-7H,8,10H2,1-3H3,(H2,18,19). The van der Waals surface area contributed by atoms with E-state index in [1.807, 2.05) is 12.1 Å². The molecule has 0 fully saturated rings. The second-order valence-electron chi connectivity index (χ2n) is 5.90. The van der Waals surface area contributed by atoms with E-state index in [1.165, 1.54) is 10.4 Å². The molecule has 0 aliphatic heterocycles. The van der Waals surface area contributed by atoms with Gasteiger partial charge in [-0.1, -0.05) is 45.0 Å². The fourth-order valence-electron chi connectivity index (χ4n) is 2.13. The van der Waals surface area contributed by atoms with Crippen molar-refractivity contribution in [2.45, 2.75) is 39.0 Å². The van der Waals surface area contributed by atoms with E-state index >= 15 is 0 Å². The second kappa shape index (κ2) is 5.64. The molecule has 2 rings (SSSR count). The fourth-order valence-corrected chi connectivity index (χ4v) is 3.20. The molecule has 0 bridgehead atoms. The largest absolute Gasteiger partial charge is 0.375 e. The summed E-state index contributed by atoms with van der Waals surface area (Å²) >= 11 is 1.56. The molecule has 0 atom stereocenters. The Morgan fingerprint density at radius 3 is 2.35 bits per heavy atom. The van der Waals surface area contributed by atoms with Crippen LogP contribution in [0, 0.1) is 11.3 Å². The summed E-state index contributed by atoms with van der Waals surface area (Å²) in [4.78, 5) is 5.70. The molecule has 0 aliphatic rings. The molecule has 0 radical (unpaired) electrons. The van der Waals surface area contributed by atoms with Gasteiger partial charge in [-0.05, 0) is 11.1 Å². The number of nitrogens with zero attached hydrogens (tertiary/aromatic N) is 2. The minimum Gasteiger partial charge on any atom is -0.375 e. The Morgan fingerprint density at radius 2 is 1.80 bits per heavy atom. The Labute approximate surface area is 124 Å². The van der Waals surface area contributed by atoms with Crippen LogP contribution in [0.2, 0.25) is 0 Å². The van der Waals surface area contributed by atoms with Crippen LogP contribution in [0.5, 0.6) is 0 Å². The van der Waals surface area contributed by atoms with Crippen molar-refractivity contribution in [3.8, 4) is 6.07 Å². The zero-order chi connectivity index (χ0) is 14.8. The molecule has 104 valence electrons. The van der Waals surface area contributed by atoms with Crippen molar-refractivity contribution in [2.24, 2.45) is 0 Å². The lowest BCUT2D eigenvalue weighted by Crippen LogP contribution is -2.14. The number of rotatable bonds is 3. The molecular formula is C16H19N3S. The Morgan fingerprint density at radius 1 is 1.20 bits per heavy atom. The van der Waals surface area contributed by atoms with Crippen LogP contribution in [-0.2, 0) is 18.3 Å². The first-order chi connectivity index (χ1) is 9.40. The summed E-state index contributed by atoms with van der Waals surface area (Å²) in [5.41, 5.74) is 9.23. The van der Waals surface area contributed by atoms with E-state index in [-0.39, 0.29) is 5.41 Å². The predicted octanol–water partition coefficient (Wildman–Crippen LogP) is 3.68. The summed E-state index contributed by atoms with van der Waals surface area (Å²) in [7, 11) is 0. The first kappa shape index (κ1) is 14.5. The summed E-state index contributed by atoms with van der Waals surface area (Å²) in [5.74, 6) is 0. The Balaban J connectivity index is 2.24. The van der Waals surface area contributed by atoms with Crippen LogP contribution >= 0.6 is 11.3 Å². The lowest BCUT2D eigenvalue weighted by Gasteiger charge is -2.17. The molecule has 2 N–H and O–H groups in total. The molecule has 0 saturated heterocycles. The van der Waals surface area contributed by atoms with E-state index in [0.717, 1.165) is 17.7 Å². The zero-order valence-corrected chi connectivity index (χ0v) is 12.9. The Hall–Kier alpha value is -1.86. The van der Waals surface area contributed by atoms with Gasteiger partial charge in [-0.25, -0.2) is 4.98 Å². The van der Waals surface area contributed by atoms with Crippen molar-refractivity contribution in [1.82, 2.24) is 4.98 Å². The van der Waals surface area contributed by atoms with Gasteiger partial charge in [0.1, 0.15) is 0 Å². The average Bonchev–Trinajstić information content (AvgIpc) is 2.73. The number of hydrogen-bond donors (Lipinski definition) is 1. The smallest absolute Gasteiger partial charge is 0.180 e. The number of anilines is 1. The van der Waals surface area contributed by atoms with Crippen LogP contribution in [0.4, 0.5) is 5.13 Å². The highest BCUT2D eigenvalue weighted by molar-refractivity contribution is 7.15. The molecule has 20 heavy (non-hydrogen) atoms. The molecule has 0 amide bonds. The van der Waals surface area contributed by atoms with Crippen LogP contribution in [-0.4, -0.2) is 4.98 Å². The number of nitrogen functional groups attached to an aromatic ring is 1. The van der Waals surface area contributed by atoms with E-state index < -0.39 is 0 Å². The summed E-state index contributed by atoms with van der Waals surface area (Å²) < 4.78 is 0. The quantitative estimate of drug-likeness (QED) is 0.935. The lowest BCUT2D eigenvalue weighted by molar-refractivity contribution is 0.568. The van der Waals surface area contributed by atoms with Crippen LogP contribution in [0.15, 0.2) is 24.3 Å². The number of thiazole rings is 1. The number of nitriles is 1. The monoisotopic (exact) mass is 285 g/mol. The molecule has 0 saturated carbocycles. The maximum absolute atomic E-state index is 8.68. The van der Waals surface area contributed by atoms with E-state index in [2.05, 4.69) is 44.0 Å². The minimum absolute atomic E-state index is 0.00417. The molecule has 0 spiro atoms. The lowest BCUT2D eigenvalue weighted by atomic mass is 9.90. The van der Waals surface area contributed by atoms with Gasteiger partial charge in [0.15, 0.2) is 5.13 Å². The van der Waals surface area contributed by atoms with Gasteiger partial charge < -0.3 is 5.73 Å². The molecule has 4 heteroatoms. The van der Waals surface area contributed by atoms with Crippen molar-refractivity contribution in [3.63, 3.8) is 0 Å². The van der Waals surface area contributed by atoms with E-state index in [9.17, 15) is 0 Å². The Kier molecular flexibility index (Phi) is 4.10. The van der Waals surface area contributed by atoms with Crippen molar-refractivity contribution < 1.29 is 0 Å². The summed E-state index contributed by atoms with van der Waals surface area (Å²) in [5, 5.41) is 9.31. The third kappa shape index (κ3) is 3.37. The highest BCUT2D eigenvalue weighted by atomic mass is 32.1. The Bertz CT molecular complexity index is 627. The minimum atomic E-state index is 0.00417. The fraction of sp³-hybridized carbons (Fsp3) is 0.375. The number of nitrogens with two attached hydrogens (primary N) is 1. The maximum atomic E-state index is 8.68. The summed E-state index contributed by atoms with van der Waals surface area (Å²) in [6.45, 7) is 6.46. The van der Waals surface area contributed by atoms with Gasteiger partial charge in [-0.2, -0.15) is 5.26 Å². The van der Waals surface area contributed by atoms with Crippen molar-refractivity contribution >= 4 is 16.5 Å². The van der Waals surface area contributed by atoms with Gasteiger partial charge in [-0.15, -0.1) is 11.3 Å². The molecule has 0 unspecified atom stereocenters. The van der Waals surface area contributed by atoms with Crippen LogP contribution in [0.1, 0.15) is 42.5 Å². The van der Waals surface area contributed by atoms with Gasteiger partial charge in [-0.3, -0.25) is 0 Å². The molecule has 0 aliphatic carbocycles. The number of benzene rings is 1. The molecule has 1 heterocycles. The van der Waals surface area contributed by atoms with E-state index in [0.29, 0.717) is 11.6 Å². The maximum Gasteiger partial charge on any atom is 0.180 e. The van der Waals surface area contributed by atoms with Crippen LogP contribution in [0.3, 0.4) is 0 Å². The van der Waals surface area contributed by atoms with Gasteiger partial charge in [0.2, 0.25) is 0 Å². The molecular weight excluding hydrogens is 266 g/mol. The van der Waals surface area contributed by atoms with Gasteiger partial charge in [0.05, 0.1) is 18.2 Å². The van der Waals surface area contributed by atoms with Gasteiger partial charge >= 0.3 is 0 Å². The first-order valence-corrected chi connectivity index (χ1v) is 7.42. The van der Waals surface area contributed by atoms with Crippen LogP contribution in [0.25, 0.3) is 0 Å². The van der Waals surface area contributed by atoms with Crippen LogP contribution < -0.4 is 5.73 Å². The first-order valence-electron chi connectivity index (χ1n) is 6.60. The molecule has 1 aromatic heterocycles. The normalized spacial score (nSPS) is 11.3. The van der Waals surface area contributed by atoms with Crippen molar-refractivity contribution in [1.29, 1.82) is 5.26 Å². The highest BCUT2D eigenvalue weighted by Gasteiger charge is 2.22. The van der Waals surface area contributed by atoms with Crippen molar-refractivity contribution in [3.05, 3.63) is 46.0 Å². The zero-order valence-electron chi connectivity index (χ0n) is 12.1. The second-order valence-corrected chi connectivity index (χ2v) is 7.02. The highest BCUT2D eigenvalue weighted by Crippen LogP contribution is 2.32. The molecule has 1 aromatic carbocycles. The summed E-state index contributed by atoms with van der Waals surface area (Å²) in [6, 6.07) is 10.3. The SMILES string of the molecule is CC(C)(C)c1nc(N)sc1Cc1ccc(CC#N)cc1.